The van der Waals surface area contributed by atoms with E-state index in [1.165, 1.54) is 12.1 Å². The van der Waals surface area contributed by atoms with Crippen molar-refractivity contribution in [3.8, 4) is 5.69 Å². The van der Waals surface area contributed by atoms with E-state index in [0.29, 0.717) is 12.1 Å². The van der Waals surface area contributed by atoms with E-state index in [0.717, 1.165) is 52.4 Å². The molecule has 2 atom stereocenters. The Hall–Kier alpha value is -3.58. The first-order valence-corrected chi connectivity index (χ1v) is 13.0. The lowest BCUT2D eigenvalue weighted by Gasteiger charge is -2.43. The quantitative estimate of drug-likeness (QED) is 0.305. The van der Waals surface area contributed by atoms with Gasteiger partial charge < -0.3 is 0 Å². The molecule has 5 nitrogen and oxygen atoms in total. The third kappa shape index (κ3) is 4.07. The van der Waals surface area contributed by atoms with Gasteiger partial charge in [-0.3, -0.25) is 9.78 Å². The number of halogens is 1. The van der Waals surface area contributed by atoms with Gasteiger partial charge in [-0.2, -0.15) is 5.10 Å². The molecule has 1 fully saturated rings. The van der Waals surface area contributed by atoms with Crippen LogP contribution in [0.2, 0.25) is 0 Å². The summed E-state index contributed by atoms with van der Waals surface area (Å²) < 4.78 is 15.4. The van der Waals surface area contributed by atoms with Crippen LogP contribution >= 0.6 is 11.8 Å². The maximum absolute atomic E-state index is 14.2. The number of Topliss-reactive ketones (excluding diaryl/α,β-unsaturated/α-hetero) is 1. The second-order valence-corrected chi connectivity index (χ2v) is 10.9. The lowest BCUT2D eigenvalue weighted by molar-refractivity contribution is 0.0798. The molecule has 2 unspecified atom stereocenters. The first-order valence-electron chi connectivity index (χ1n) is 12.1. The molecule has 0 amide bonds. The summed E-state index contributed by atoms with van der Waals surface area (Å²) in [5.41, 5.74) is 4.77. The van der Waals surface area contributed by atoms with E-state index in [1.807, 2.05) is 54.3 Å². The molecule has 2 aliphatic carbocycles. The largest absolute Gasteiger partial charge is 0.291 e. The molecule has 0 N–H and O–H groups in total. The average Bonchev–Trinajstić information content (AvgIpc) is 3.30. The van der Waals surface area contributed by atoms with Crippen molar-refractivity contribution < 1.29 is 9.18 Å². The van der Waals surface area contributed by atoms with Gasteiger partial charge in [0.05, 0.1) is 28.0 Å². The van der Waals surface area contributed by atoms with Gasteiger partial charge in [0.25, 0.3) is 0 Å². The molecule has 6 rings (SSSR count). The highest BCUT2D eigenvalue weighted by Gasteiger charge is 2.49. The summed E-state index contributed by atoms with van der Waals surface area (Å²) in [5, 5.41) is 5.87. The Morgan fingerprint density at radius 3 is 2.69 bits per heavy atom. The molecule has 36 heavy (non-hydrogen) atoms. The van der Waals surface area contributed by atoms with Crippen LogP contribution in [0.25, 0.3) is 11.8 Å². The number of aromatic nitrogens is 4. The van der Waals surface area contributed by atoms with E-state index in [4.69, 9.17) is 0 Å². The Morgan fingerprint density at radius 2 is 1.94 bits per heavy atom. The van der Waals surface area contributed by atoms with Crippen LogP contribution in [0.3, 0.4) is 0 Å². The van der Waals surface area contributed by atoms with Crippen molar-refractivity contribution in [3.63, 3.8) is 0 Å². The summed E-state index contributed by atoms with van der Waals surface area (Å²) in [7, 11) is 0. The van der Waals surface area contributed by atoms with Crippen LogP contribution in [0.5, 0.6) is 0 Å². The Kier molecular flexibility index (Phi) is 5.80. The van der Waals surface area contributed by atoms with Gasteiger partial charge in [0.2, 0.25) is 0 Å². The maximum atomic E-state index is 14.2. The molecular weight excluding hydrogens is 471 g/mol. The normalized spacial score (nSPS) is 20.8. The van der Waals surface area contributed by atoms with Crippen molar-refractivity contribution in [2.75, 3.05) is 0 Å². The van der Waals surface area contributed by atoms with Gasteiger partial charge in [-0.1, -0.05) is 17.7 Å². The highest BCUT2D eigenvalue weighted by Crippen LogP contribution is 2.52. The molecule has 4 aromatic rings. The summed E-state index contributed by atoms with van der Waals surface area (Å²) in [6.45, 7) is 1.97. The van der Waals surface area contributed by atoms with Crippen LogP contribution in [0.1, 0.15) is 46.6 Å². The number of nitrogens with zero attached hydrogens (tertiary/aromatic N) is 4. The predicted molar refractivity (Wildman–Crippen MR) is 139 cm³/mol. The zero-order chi connectivity index (χ0) is 24.7. The number of aryl methyl sites for hydroxylation is 1. The number of allylic oxidation sites excluding steroid dienone is 1. The first kappa shape index (κ1) is 22.9. The molecular formula is C29H25FN4OS. The number of hydrogen-bond donors (Lipinski definition) is 0. The molecule has 1 aromatic carbocycles. The first-order chi connectivity index (χ1) is 17.5. The average molecular weight is 497 g/mol. The van der Waals surface area contributed by atoms with Crippen LogP contribution < -0.4 is 0 Å². The van der Waals surface area contributed by atoms with Crippen LogP contribution in [-0.2, 0) is 6.42 Å². The minimum atomic E-state index is -0.670. The Morgan fingerprint density at radius 1 is 1.08 bits per heavy atom. The Balaban J connectivity index is 1.41. The van der Waals surface area contributed by atoms with Crippen molar-refractivity contribution in [1.82, 2.24) is 19.7 Å². The molecule has 0 spiro atoms. The standard InChI is InChI=1S/C29H25FN4OS/c1-19-5-12-25(32-17-19)28(35)29-15-20-18-33-34(23-9-7-22(30)8-10-23)26(20)14-21(29)6-11-24(16-29)36-27-4-2-3-13-31-27/h2-5,7-10,12-14,17-18,24H,6,11,15-16H2,1H3. The smallest absolute Gasteiger partial charge is 0.191 e. The van der Waals surface area contributed by atoms with E-state index >= 15 is 0 Å². The van der Waals surface area contributed by atoms with E-state index in [1.54, 1.807) is 30.1 Å². The van der Waals surface area contributed by atoms with Crippen LogP contribution in [0.4, 0.5) is 4.39 Å². The zero-order valence-electron chi connectivity index (χ0n) is 19.9. The van der Waals surface area contributed by atoms with Gasteiger partial charge in [-0.05, 0) is 92.3 Å². The van der Waals surface area contributed by atoms with Crippen molar-refractivity contribution in [1.29, 1.82) is 0 Å². The molecule has 7 heteroatoms. The fraction of sp³-hybridized carbons (Fsp3) is 0.241. The van der Waals surface area contributed by atoms with E-state index in [-0.39, 0.29) is 16.9 Å². The summed E-state index contributed by atoms with van der Waals surface area (Å²) in [5.74, 6) is -0.211. The van der Waals surface area contributed by atoms with Gasteiger partial charge in [0.1, 0.15) is 11.5 Å². The molecule has 0 aliphatic heterocycles. The minimum absolute atomic E-state index is 0.0697. The fourth-order valence-electron chi connectivity index (χ4n) is 5.39. The summed E-state index contributed by atoms with van der Waals surface area (Å²) in [6.07, 6.45) is 10.6. The van der Waals surface area contributed by atoms with Gasteiger partial charge in [-0.25, -0.2) is 14.1 Å². The molecule has 0 saturated heterocycles. The van der Waals surface area contributed by atoms with Gasteiger partial charge in [0.15, 0.2) is 5.78 Å². The molecule has 0 bridgehead atoms. The Labute approximate surface area is 213 Å². The fourth-order valence-corrected chi connectivity index (χ4v) is 6.61. The number of carbonyl (C=O) groups is 1. The minimum Gasteiger partial charge on any atom is -0.291 e. The Bertz CT molecular complexity index is 1450. The summed E-state index contributed by atoms with van der Waals surface area (Å²) in [6, 6.07) is 16.1. The zero-order valence-corrected chi connectivity index (χ0v) is 20.7. The molecule has 3 heterocycles. The second-order valence-electron chi connectivity index (χ2n) is 9.57. The number of thioether (sulfide) groups is 1. The van der Waals surface area contributed by atoms with E-state index in [9.17, 15) is 9.18 Å². The number of pyridine rings is 2. The number of carbonyl (C=O) groups excluding carboxylic acids is 1. The second kappa shape index (κ2) is 9.13. The number of rotatable bonds is 5. The molecule has 1 saturated carbocycles. The SMILES string of the molecule is Cc1ccc(C(=O)C23Cc4cnn(-c5ccc(F)cc5)c4C=C2CCC(Sc2ccccn2)C3)nc1. The summed E-state index contributed by atoms with van der Waals surface area (Å²) in [4.78, 5) is 23.2. The van der Waals surface area contributed by atoms with E-state index < -0.39 is 5.41 Å². The van der Waals surface area contributed by atoms with Gasteiger partial charge in [-0.15, -0.1) is 11.8 Å². The molecule has 2 aliphatic rings. The highest BCUT2D eigenvalue weighted by molar-refractivity contribution is 7.99. The number of fused-ring (bicyclic) bond motifs is 2. The molecule has 0 radical (unpaired) electrons. The van der Waals surface area contributed by atoms with Crippen LogP contribution in [0.15, 0.2) is 83.8 Å². The topological polar surface area (TPSA) is 60.7 Å². The van der Waals surface area contributed by atoms with E-state index in [2.05, 4.69) is 21.1 Å². The number of benzene rings is 1. The summed E-state index contributed by atoms with van der Waals surface area (Å²) >= 11 is 1.75. The van der Waals surface area contributed by atoms with Crippen molar-refractivity contribution >= 4 is 23.6 Å². The van der Waals surface area contributed by atoms with Crippen molar-refractivity contribution in [2.24, 2.45) is 5.41 Å². The van der Waals surface area contributed by atoms with Crippen LogP contribution in [-0.4, -0.2) is 30.8 Å². The maximum Gasteiger partial charge on any atom is 0.191 e. The predicted octanol–water partition coefficient (Wildman–Crippen LogP) is 6.26. The van der Waals surface area contributed by atoms with Crippen LogP contribution in [0, 0.1) is 18.2 Å². The van der Waals surface area contributed by atoms with Gasteiger partial charge >= 0.3 is 0 Å². The van der Waals surface area contributed by atoms with Crippen molar-refractivity contribution in [2.45, 2.75) is 42.9 Å². The third-order valence-electron chi connectivity index (χ3n) is 7.19. The molecule has 180 valence electrons. The van der Waals surface area contributed by atoms with Crippen molar-refractivity contribution in [3.05, 3.63) is 107 Å². The number of hydrogen-bond acceptors (Lipinski definition) is 5. The van der Waals surface area contributed by atoms with Gasteiger partial charge in [0, 0.05) is 17.6 Å². The third-order valence-corrected chi connectivity index (χ3v) is 8.41. The highest BCUT2D eigenvalue weighted by atomic mass is 32.2. The lowest BCUT2D eigenvalue weighted by Crippen LogP contribution is -2.43. The lowest BCUT2D eigenvalue weighted by atomic mass is 9.61. The monoisotopic (exact) mass is 496 g/mol. The number of ketones is 1. The molecule has 3 aromatic heterocycles.